The molecule has 2 atom stereocenters. The summed E-state index contributed by atoms with van der Waals surface area (Å²) in [5.74, 6) is 1.76. The van der Waals surface area contributed by atoms with Crippen LogP contribution in [0, 0.1) is 0 Å². The fourth-order valence-electron chi connectivity index (χ4n) is 3.65. The molecule has 0 heterocycles. The fraction of sp³-hybridized carbons (Fsp3) is 0.333. The first kappa shape index (κ1) is 7.92. The highest BCUT2D eigenvalue weighted by molar-refractivity contribution is 5.88. The van der Waals surface area contributed by atoms with Gasteiger partial charge in [0.1, 0.15) is 0 Å². The Bertz CT molecular complexity index is 539. The predicted molar refractivity (Wildman–Crippen MR) is 63.3 cm³/mol. The molecule has 2 aliphatic rings. The van der Waals surface area contributed by atoms with Crippen LogP contribution in [0.2, 0.25) is 0 Å². The Balaban J connectivity index is 2.13. The molecule has 2 bridgehead atoms. The molecule has 0 saturated heterocycles. The highest BCUT2D eigenvalue weighted by atomic mass is 14.4. The van der Waals surface area contributed by atoms with Crippen LogP contribution in [-0.4, -0.2) is 0 Å². The van der Waals surface area contributed by atoms with E-state index in [0.29, 0.717) is 0 Å². The molecule has 15 heavy (non-hydrogen) atoms. The van der Waals surface area contributed by atoms with E-state index in [1.807, 2.05) is 0 Å². The van der Waals surface area contributed by atoms with Crippen molar-refractivity contribution in [3.05, 3.63) is 47.5 Å². The molecule has 2 unspecified atom stereocenters. The molecule has 0 aromatic heterocycles. The summed E-state index contributed by atoms with van der Waals surface area (Å²) in [5, 5.41) is 2.94. The third-order valence-electron chi connectivity index (χ3n) is 4.29. The Morgan fingerprint density at radius 2 is 1.73 bits per heavy atom. The average molecular weight is 194 g/mol. The molecule has 2 aromatic carbocycles. The Labute approximate surface area is 89.9 Å². The Hall–Kier alpha value is -1.30. The van der Waals surface area contributed by atoms with E-state index in [0.717, 1.165) is 11.8 Å². The molecule has 2 aromatic rings. The summed E-state index contributed by atoms with van der Waals surface area (Å²) >= 11 is 0. The van der Waals surface area contributed by atoms with Gasteiger partial charge in [-0.2, -0.15) is 0 Å². The first-order valence-electron chi connectivity index (χ1n) is 5.95. The van der Waals surface area contributed by atoms with Gasteiger partial charge in [0.25, 0.3) is 0 Å². The highest BCUT2D eigenvalue weighted by Crippen LogP contribution is 2.54. The van der Waals surface area contributed by atoms with Gasteiger partial charge in [-0.05, 0) is 53.0 Å². The van der Waals surface area contributed by atoms with Gasteiger partial charge in [0.05, 0.1) is 0 Å². The first-order chi connectivity index (χ1) is 7.43. The summed E-state index contributed by atoms with van der Waals surface area (Å²) in [5.41, 5.74) is 3.34. The molecule has 1 fully saturated rings. The molecule has 4 rings (SSSR count). The minimum Gasteiger partial charge on any atom is -0.0616 e. The summed E-state index contributed by atoms with van der Waals surface area (Å²) in [4.78, 5) is 0. The number of hydrogen-bond donors (Lipinski definition) is 0. The summed E-state index contributed by atoms with van der Waals surface area (Å²) in [6.07, 6.45) is 4.27. The van der Waals surface area contributed by atoms with Gasteiger partial charge < -0.3 is 0 Å². The molecule has 0 N–H and O–H groups in total. The maximum Gasteiger partial charge on any atom is -0.0146 e. The lowest BCUT2D eigenvalue weighted by Crippen LogP contribution is -1.98. The lowest BCUT2D eigenvalue weighted by molar-refractivity contribution is 0.722. The van der Waals surface area contributed by atoms with Crippen LogP contribution in [0.5, 0.6) is 0 Å². The van der Waals surface area contributed by atoms with Crippen LogP contribution in [0.15, 0.2) is 36.4 Å². The Morgan fingerprint density at radius 3 is 2.73 bits per heavy atom. The van der Waals surface area contributed by atoms with Crippen molar-refractivity contribution in [3.8, 4) is 0 Å². The van der Waals surface area contributed by atoms with Crippen LogP contribution < -0.4 is 0 Å². The standard InChI is InChI=1S/C15H14/c1-2-4-13-10(3-1)7-8-14-11-5-6-12(9-11)15(13)14/h1-4,7-8,11-12H,5-6,9H2. The Morgan fingerprint density at radius 1 is 0.867 bits per heavy atom. The Kier molecular flexibility index (Phi) is 1.39. The minimum atomic E-state index is 0.871. The van der Waals surface area contributed by atoms with Crippen molar-refractivity contribution < 1.29 is 0 Å². The van der Waals surface area contributed by atoms with Crippen molar-refractivity contribution >= 4 is 10.8 Å². The van der Waals surface area contributed by atoms with Crippen LogP contribution in [0.4, 0.5) is 0 Å². The first-order valence-corrected chi connectivity index (χ1v) is 5.95. The van der Waals surface area contributed by atoms with Crippen LogP contribution in [0.25, 0.3) is 10.8 Å². The monoisotopic (exact) mass is 194 g/mol. The van der Waals surface area contributed by atoms with Crippen molar-refractivity contribution in [2.75, 3.05) is 0 Å². The van der Waals surface area contributed by atoms with E-state index in [1.54, 1.807) is 11.1 Å². The summed E-state index contributed by atoms with van der Waals surface area (Å²) in [6, 6.07) is 13.5. The van der Waals surface area contributed by atoms with Crippen molar-refractivity contribution in [3.63, 3.8) is 0 Å². The minimum absolute atomic E-state index is 0.871. The molecular formula is C15H14. The molecule has 0 heteroatoms. The van der Waals surface area contributed by atoms with Crippen LogP contribution >= 0.6 is 0 Å². The summed E-state index contributed by atoms with van der Waals surface area (Å²) in [7, 11) is 0. The van der Waals surface area contributed by atoms with E-state index in [4.69, 9.17) is 0 Å². The molecule has 2 aliphatic carbocycles. The SMILES string of the molecule is c1ccc2c3c(ccc2c1)C1CCC3C1. The normalized spacial score (nSPS) is 27.2. The van der Waals surface area contributed by atoms with Gasteiger partial charge in [-0.25, -0.2) is 0 Å². The lowest BCUT2D eigenvalue weighted by atomic mass is 9.88. The molecule has 0 amide bonds. The van der Waals surface area contributed by atoms with Gasteiger partial charge in [-0.1, -0.05) is 36.4 Å². The zero-order valence-electron chi connectivity index (χ0n) is 8.74. The maximum atomic E-state index is 2.38. The second-order valence-electron chi connectivity index (χ2n) is 5.00. The third kappa shape index (κ3) is 0.923. The molecular weight excluding hydrogens is 180 g/mol. The second-order valence-corrected chi connectivity index (χ2v) is 5.00. The van der Waals surface area contributed by atoms with Gasteiger partial charge in [-0.15, -0.1) is 0 Å². The summed E-state index contributed by atoms with van der Waals surface area (Å²) in [6.45, 7) is 0. The topological polar surface area (TPSA) is 0 Å². The molecule has 0 radical (unpaired) electrons. The predicted octanol–water partition coefficient (Wildman–Crippen LogP) is 4.20. The molecule has 74 valence electrons. The van der Waals surface area contributed by atoms with Gasteiger partial charge in [0.2, 0.25) is 0 Å². The highest BCUT2D eigenvalue weighted by Gasteiger charge is 2.37. The smallest absolute Gasteiger partial charge is 0.0146 e. The van der Waals surface area contributed by atoms with Crippen LogP contribution in [-0.2, 0) is 0 Å². The zero-order valence-corrected chi connectivity index (χ0v) is 8.74. The van der Waals surface area contributed by atoms with E-state index in [-0.39, 0.29) is 0 Å². The number of fused-ring (bicyclic) bond motifs is 7. The number of rotatable bonds is 0. The van der Waals surface area contributed by atoms with Gasteiger partial charge in [0.15, 0.2) is 0 Å². The second kappa shape index (κ2) is 2.63. The van der Waals surface area contributed by atoms with Crippen molar-refractivity contribution in [1.82, 2.24) is 0 Å². The fourth-order valence-corrected chi connectivity index (χ4v) is 3.65. The molecule has 1 saturated carbocycles. The molecule has 0 spiro atoms. The van der Waals surface area contributed by atoms with Gasteiger partial charge in [-0.3, -0.25) is 0 Å². The van der Waals surface area contributed by atoms with E-state index >= 15 is 0 Å². The maximum absolute atomic E-state index is 2.38. The van der Waals surface area contributed by atoms with E-state index in [9.17, 15) is 0 Å². The van der Waals surface area contributed by atoms with Gasteiger partial charge >= 0.3 is 0 Å². The summed E-state index contributed by atoms with van der Waals surface area (Å²) < 4.78 is 0. The van der Waals surface area contributed by atoms with Crippen molar-refractivity contribution in [2.24, 2.45) is 0 Å². The van der Waals surface area contributed by atoms with E-state index < -0.39 is 0 Å². The van der Waals surface area contributed by atoms with Crippen molar-refractivity contribution in [1.29, 1.82) is 0 Å². The van der Waals surface area contributed by atoms with E-state index in [1.165, 1.54) is 30.0 Å². The van der Waals surface area contributed by atoms with Gasteiger partial charge in [0, 0.05) is 0 Å². The van der Waals surface area contributed by atoms with Crippen LogP contribution in [0.1, 0.15) is 42.2 Å². The average Bonchev–Trinajstić information content (AvgIpc) is 2.89. The van der Waals surface area contributed by atoms with Crippen LogP contribution in [0.3, 0.4) is 0 Å². The third-order valence-corrected chi connectivity index (χ3v) is 4.29. The molecule has 0 aliphatic heterocycles. The van der Waals surface area contributed by atoms with E-state index in [2.05, 4.69) is 36.4 Å². The lowest BCUT2D eigenvalue weighted by Gasteiger charge is -2.17. The quantitative estimate of drug-likeness (QED) is 0.589. The molecule has 0 nitrogen and oxygen atoms in total. The number of benzene rings is 2. The largest absolute Gasteiger partial charge is 0.0616 e. The zero-order chi connectivity index (χ0) is 9.83. The number of hydrogen-bond acceptors (Lipinski definition) is 0. The van der Waals surface area contributed by atoms with Crippen molar-refractivity contribution in [2.45, 2.75) is 31.1 Å².